The van der Waals surface area contributed by atoms with Crippen LogP contribution in [0.2, 0.25) is 0 Å². The van der Waals surface area contributed by atoms with E-state index in [4.69, 9.17) is 5.73 Å². The summed E-state index contributed by atoms with van der Waals surface area (Å²) in [5.41, 5.74) is 5.42. The van der Waals surface area contributed by atoms with Crippen LogP contribution >= 0.6 is 0 Å². The smallest absolute Gasteiger partial charge is 0.311 e. The third-order valence-electron chi connectivity index (χ3n) is 3.03. The van der Waals surface area contributed by atoms with Gasteiger partial charge in [0.05, 0.1) is 4.92 Å². The van der Waals surface area contributed by atoms with Gasteiger partial charge in [0.25, 0.3) is 0 Å². The molecule has 1 aromatic rings. The molecule has 1 unspecified atom stereocenters. The van der Waals surface area contributed by atoms with Crippen LogP contribution in [0.1, 0.15) is 6.42 Å². The Morgan fingerprint density at radius 3 is 2.94 bits per heavy atom. The number of rotatable bonds is 3. The molecule has 0 saturated carbocycles. The van der Waals surface area contributed by atoms with E-state index in [-0.39, 0.29) is 11.5 Å². The van der Waals surface area contributed by atoms with Crippen molar-refractivity contribution >= 4 is 17.3 Å². The van der Waals surface area contributed by atoms with Crippen LogP contribution in [0.5, 0.6) is 0 Å². The third kappa shape index (κ3) is 2.28. The second kappa shape index (κ2) is 4.54. The summed E-state index contributed by atoms with van der Waals surface area (Å²) in [6.45, 7) is 1.88. The molecule has 92 valence electrons. The summed E-state index contributed by atoms with van der Waals surface area (Å²) in [6.07, 6.45) is 1.04. The summed E-state index contributed by atoms with van der Waals surface area (Å²) in [4.78, 5) is 16.2. The normalized spacial score (nSPS) is 19.2. The highest BCUT2D eigenvalue weighted by atomic mass is 16.6. The Labute approximate surface area is 98.8 Å². The predicted octanol–water partition coefficient (Wildman–Crippen LogP) is 0.370. The number of nitrogens with one attached hydrogen (secondary N) is 1. The van der Waals surface area contributed by atoms with Crippen molar-refractivity contribution in [2.24, 2.45) is 0 Å². The van der Waals surface area contributed by atoms with Gasteiger partial charge in [0.1, 0.15) is 5.82 Å². The number of pyridine rings is 1. The van der Waals surface area contributed by atoms with E-state index in [2.05, 4.69) is 10.3 Å². The van der Waals surface area contributed by atoms with Crippen LogP contribution in [-0.2, 0) is 0 Å². The Hall–Kier alpha value is -1.89. The fourth-order valence-corrected chi connectivity index (χ4v) is 1.96. The van der Waals surface area contributed by atoms with Gasteiger partial charge in [-0.2, -0.15) is 0 Å². The zero-order valence-electron chi connectivity index (χ0n) is 9.59. The summed E-state index contributed by atoms with van der Waals surface area (Å²) >= 11 is 0. The van der Waals surface area contributed by atoms with E-state index < -0.39 is 4.92 Å². The summed E-state index contributed by atoms with van der Waals surface area (Å²) < 4.78 is 0. The molecule has 1 aliphatic rings. The Morgan fingerprint density at radius 1 is 1.65 bits per heavy atom. The van der Waals surface area contributed by atoms with Crippen LogP contribution in [0.3, 0.4) is 0 Å². The van der Waals surface area contributed by atoms with Crippen molar-refractivity contribution in [1.29, 1.82) is 0 Å². The molecule has 7 heteroatoms. The molecule has 0 amide bonds. The fourth-order valence-electron chi connectivity index (χ4n) is 1.96. The Balaban J connectivity index is 2.21. The van der Waals surface area contributed by atoms with E-state index in [1.54, 1.807) is 6.07 Å². The van der Waals surface area contributed by atoms with Crippen molar-refractivity contribution in [3.05, 3.63) is 22.2 Å². The maximum absolute atomic E-state index is 10.6. The van der Waals surface area contributed by atoms with Crippen LogP contribution in [-0.4, -0.2) is 36.1 Å². The van der Waals surface area contributed by atoms with E-state index >= 15 is 0 Å². The van der Waals surface area contributed by atoms with Gasteiger partial charge in [-0.1, -0.05) is 0 Å². The first-order valence-corrected chi connectivity index (χ1v) is 5.44. The first kappa shape index (κ1) is 11.6. The molecular formula is C10H15N5O2. The van der Waals surface area contributed by atoms with E-state index in [0.717, 1.165) is 19.5 Å². The molecule has 1 aliphatic heterocycles. The highest BCUT2D eigenvalue weighted by Crippen LogP contribution is 2.24. The number of nitrogen functional groups attached to an aromatic ring is 1. The molecule has 17 heavy (non-hydrogen) atoms. The van der Waals surface area contributed by atoms with Gasteiger partial charge in [-0.25, -0.2) is 4.98 Å². The van der Waals surface area contributed by atoms with Crippen molar-refractivity contribution in [1.82, 2.24) is 10.3 Å². The van der Waals surface area contributed by atoms with E-state index in [0.29, 0.717) is 11.9 Å². The third-order valence-corrected chi connectivity index (χ3v) is 3.03. The number of aromatic nitrogens is 1. The van der Waals surface area contributed by atoms with Crippen molar-refractivity contribution in [2.75, 3.05) is 30.8 Å². The monoisotopic (exact) mass is 237 g/mol. The molecule has 1 atom stereocenters. The van der Waals surface area contributed by atoms with Gasteiger partial charge in [-0.3, -0.25) is 10.1 Å². The molecule has 1 saturated heterocycles. The largest absolute Gasteiger partial charge is 0.378 e. The summed E-state index contributed by atoms with van der Waals surface area (Å²) in [5, 5.41) is 13.9. The molecule has 3 N–H and O–H groups in total. The summed E-state index contributed by atoms with van der Waals surface area (Å²) in [6, 6.07) is 3.40. The second-order valence-electron chi connectivity index (χ2n) is 4.09. The number of hydrogen-bond acceptors (Lipinski definition) is 6. The molecule has 2 heterocycles. The van der Waals surface area contributed by atoms with Gasteiger partial charge in [-0.15, -0.1) is 0 Å². The molecule has 7 nitrogen and oxygen atoms in total. The lowest BCUT2D eigenvalue weighted by atomic mass is 10.2. The minimum Gasteiger partial charge on any atom is -0.378 e. The highest BCUT2D eigenvalue weighted by molar-refractivity contribution is 5.58. The SMILES string of the molecule is CN(c1ccc([N+](=O)[O-])c(N)n1)C1CCNC1. The lowest BCUT2D eigenvalue weighted by molar-refractivity contribution is -0.384. The Kier molecular flexibility index (Phi) is 3.10. The number of hydrogen-bond donors (Lipinski definition) is 2. The van der Waals surface area contributed by atoms with Crippen molar-refractivity contribution < 1.29 is 4.92 Å². The van der Waals surface area contributed by atoms with Crippen LogP contribution in [0.4, 0.5) is 17.3 Å². The van der Waals surface area contributed by atoms with Gasteiger partial charge in [0.15, 0.2) is 0 Å². The maximum atomic E-state index is 10.6. The average Bonchev–Trinajstić information content (AvgIpc) is 2.80. The van der Waals surface area contributed by atoms with Gasteiger partial charge >= 0.3 is 5.69 Å². The number of nitrogens with two attached hydrogens (primary N) is 1. The van der Waals surface area contributed by atoms with Crippen LogP contribution in [0.25, 0.3) is 0 Å². The lowest BCUT2D eigenvalue weighted by Gasteiger charge is -2.24. The Bertz CT molecular complexity index is 431. The molecule has 0 aromatic carbocycles. The molecular weight excluding hydrogens is 222 g/mol. The predicted molar refractivity (Wildman–Crippen MR) is 65.0 cm³/mol. The number of nitrogens with zero attached hydrogens (tertiary/aromatic N) is 3. The number of nitro groups is 1. The summed E-state index contributed by atoms with van der Waals surface area (Å²) in [7, 11) is 1.92. The first-order valence-electron chi connectivity index (χ1n) is 5.44. The van der Waals surface area contributed by atoms with Crippen LogP contribution < -0.4 is 16.0 Å². The lowest BCUT2D eigenvalue weighted by Crippen LogP contribution is -2.34. The van der Waals surface area contributed by atoms with E-state index in [9.17, 15) is 10.1 Å². The van der Waals surface area contributed by atoms with Crippen molar-refractivity contribution in [3.63, 3.8) is 0 Å². The summed E-state index contributed by atoms with van der Waals surface area (Å²) in [5.74, 6) is 0.632. The maximum Gasteiger partial charge on any atom is 0.311 e. The van der Waals surface area contributed by atoms with Crippen LogP contribution in [0, 0.1) is 10.1 Å². The van der Waals surface area contributed by atoms with Gasteiger partial charge in [0.2, 0.25) is 5.82 Å². The van der Waals surface area contributed by atoms with E-state index in [1.807, 2.05) is 11.9 Å². The molecule has 1 fully saturated rings. The fraction of sp³-hybridized carbons (Fsp3) is 0.500. The molecule has 0 aliphatic carbocycles. The number of anilines is 2. The topological polar surface area (TPSA) is 97.3 Å². The van der Waals surface area contributed by atoms with E-state index in [1.165, 1.54) is 6.07 Å². The average molecular weight is 237 g/mol. The van der Waals surface area contributed by atoms with Gasteiger partial charge < -0.3 is 16.0 Å². The second-order valence-corrected chi connectivity index (χ2v) is 4.09. The minimum absolute atomic E-state index is 0.0368. The number of likely N-dealkylation sites (N-methyl/N-ethyl adjacent to an activating group) is 1. The molecule has 0 spiro atoms. The van der Waals surface area contributed by atoms with Crippen LogP contribution in [0.15, 0.2) is 12.1 Å². The van der Waals surface area contributed by atoms with Gasteiger partial charge in [0, 0.05) is 25.7 Å². The minimum atomic E-state index is -0.525. The zero-order valence-corrected chi connectivity index (χ0v) is 9.59. The van der Waals surface area contributed by atoms with Crippen molar-refractivity contribution in [2.45, 2.75) is 12.5 Å². The first-order chi connectivity index (χ1) is 8.09. The zero-order chi connectivity index (χ0) is 12.4. The Morgan fingerprint density at radius 2 is 2.41 bits per heavy atom. The molecule has 2 rings (SSSR count). The van der Waals surface area contributed by atoms with Gasteiger partial charge in [-0.05, 0) is 19.0 Å². The quantitative estimate of drug-likeness (QED) is 0.582. The van der Waals surface area contributed by atoms with Crippen molar-refractivity contribution in [3.8, 4) is 0 Å². The highest BCUT2D eigenvalue weighted by Gasteiger charge is 2.22. The molecule has 0 radical (unpaired) electrons. The standard InChI is InChI=1S/C10H15N5O2/c1-14(7-4-5-12-6-7)9-3-2-8(15(16)17)10(11)13-9/h2-3,7,12H,4-6H2,1H3,(H2,11,13). The molecule has 1 aromatic heterocycles. The molecule has 0 bridgehead atoms.